The predicted octanol–water partition coefficient (Wildman–Crippen LogP) is 7.10. The molecule has 0 aliphatic carbocycles. The van der Waals surface area contributed by atoms with Crippen LogP contribution in [0.4, 0.5) is 4.79 Å². The first-order valence-corrected chi connectivity index (χ1v) is 13.9. The molecule has 4 heterocycles. The highest BCUT2D eigenvalue weighted by Gasteiger charge is 2.30. The van der Waals surface area contributed by atoms with Gasteiger partial charge in [0, 0.05) is 24.4 Å². The van der Waals surface area contributed by atoms with Gasteiger partial charge in [0.05, 0.1) is 27.1 Å². The maximum absolute atomic E-state index is 12.5. The highest BCUT2D eigenvalue weighted by Crippen LogP contribution is 2.37. The van der Waals surface area contributed by atoms with Gasteiger partial charge in [-0.05, 0) is 70.9 Å². The number of hydrogen-bond acceptors (Lipinski definition) is 6. The van der Waals surface area contributed by atoms with Gasteiger partial charge >= 0.3 is 6.09 Å². The Morgan fingerprint density at radius 2 is 1.84 bits per heavy atom. The van der Waals surface area contributed by atoms with Crippen molar-refractivity contribution in [3.05, 3.63) is 71.8 Å². The van der Waals surface area contributed by atoms with E-state index in [2.05, 4.69) is 35.6 Å². The van der Waals surface area contributed by atoms with Crippen LogP contribution in [0.15, 0.2) is 54.6 Å². The molecule has 196 valence electrons. The monoisotopic (exact) mass is 528 g/mol. The van der Waals surface area contributed by atoms with Crippen LogP contribution >= 0.6 is 11.3 Å². The number of ether oxygens (including phenoxy) is 2. The number of para-hydroxylation sites is 1. The van der Waals surface area contributed by atoms with Crippen LogP contribution in [0.5, 0.6) is 5.75 Å². The van der Waals surface area contributed by atoms with E-state index in [1.807, 2.05) is 56.0 Å². The lowest BCUT2D eigenvalue weighted by Crippen LogP contribution is -2.41. The summed E-state index contributed by atoms with van der Waals surface area (Å²) in [4.78, 5) is 25.2. The van der Waals surface area contributed by atoms with Crippen LogP contribution in [0.2, 0.25) is 0 Å². The number of aromatic nitrogens is 3. The number of carbonyl (C=O) groups excluding carboxylic acids is 1. The normalized spacial score (nSPS) is 15.0. The number of likely N-dealkylation sites (tertiary alicyclic amines) is 1. The van der Waals surface area contributed by atoms with Gasteiger partial charge in [0.1, 0.15) is 28.6 Å². The number of pyridine rings is 1. The van der Waals surface area contributed by atoms with Gasteiger partial charge < -0.3 is 14.4 Å². The lowest BCUT2D eigenvalue weighted by atomic mass is 9.96. The number of benzene rings is 2. The SMILES string of the molecule is Cc1nc(C2CCN(C(=O)OC(C)(C)C)CC2)n2c1sc1cc(OCc3ccc4ccccc4n3)ccc12. The van der Waals surface area contributed by atoms with Gasteiger partial charge in [0.25, 0.3) is 0 Å². The number of nitrogens with zero attached hydrogens (tertiary/aromatic N) is 4. The largest absolute Gasteiger partial charge is 0.487 e. The molecule has 38 heavy (non-hydrogen) atoms. The molecule has 0 bridgehead atoms. The Hall–Kier alpha value is -3.65. The first kappa shape index (κ1) is 24.7. The van der Waals surface area contributed by atoms with Crippen LogP contribution < -0.4 is 4.74 Å². The highest BCUT2D eigenvalue weighted by atomic mass is 32.1. The minimum atomic E-state index is -0.482. The molecule has 8 heteroatoms. The number of imidazole rings is 1. The molecular formula is C30H32N4O3S. The molecule has 3 aromatic heterocycles. The van der Waals surface area contributed by atoms with Crippen molar-refractivity contribution in [2.45, 2.75) is 58.7 Å². The minimum Gasteiger partial charge on any atom is -0.487 e. The van der Waals surface area contributed by atoms with Crippen LogP contribution in [0, 0.1) is 6.92 Å². The molecule has 0 spiro atoms. The molecule has 0 unspecified atom stereocenters. The van der Waals surface area contributed by atoms with E-state index in [-0.39, 0.29) is 6.09 Å². The van der Waals surface area contributed by atoms with Crippen molar-refractivity contribution in [3.63, 3.8) is 0 Å². The Bertz CT molecular complexity index is 1640. The average Bonchev–Trinajstić information content (AvgIpc) is 3.43. The molecular weight excluding hydrogens is 496 g/mol. The summed E-state index contributed by atoms with van der Waals surface area (Å²) in [5.41, 5.74) is 3.59. The molecule has 1 aliphatic rings. The van der Waals surface area contributed by atoms with Gasteiger partial charge in [-0.3, -0.25) is 4.40 Å². The number of fused-ring (bicyclic) bond motifs is 4. The van der Waals surface area contributed by atoms with Gasteiger partial charge in [0.15, 0.2) is 0 Å². The molecule has 6 rings (SSSR count). The van der Waals surface area contributed by atoms with E-state index < -0.39 is 5.60 Å². The van der Waals surface area contributed by atoms with E-state index in [4.69, 9.17) is 19.4 Å². The Labute approximate surface area is 226 Å². The second-order valence-electron chi connectivity index (χ2n) is 11.0. The molecule has 1 aliphatic heterocycles. The fourth-order valence-corrected chi connectivity index (χ4v) is 6.23. The summed E-state index contributed by atoms with van der Waals surface area (Å²) in [6, 6.07) is 18.5. The van der Waals surface area contributed by atoms with Crippen LogP contribution in [-0.2, 0) is 11.3 Å². The minimum absolute atomic E-state index is 0.229. The molecule has 2 aromatic carbocycles. The number of thiazole rings is 1. The first-order valence-electron chi connectivity index (χ1n) is 13.1. The number of piperidine rings is 1. The number of carbonyl (C=O) groups is 1. The van der Waals surface area contributed by atoms with Gasteiger partial charge in [-0.15, -0.1) is 11.3 Å². The number of amides is 1. The van der Waals surface area contributed by atoms with Crippen LogP contribution in [-0.4, -0.2) is 44.1 Å². The number of hydrogen-bond donors (Lipinski definition) is 0. The summed E-state index contributed by atoms with van der Waals surface area (Å²) in [7, 11) is 0. The van der Waals surface area contributed by atoms with Crippen molar-refractivity contribution in [1.29, 1.82) is 0 Å². The van der Waals surface area contributed by atoms with Crippen LogP contribution in [0.3, 0.4) is 0 Å². The predicted molar refractivity (Wildman–Crippen MR) is 151 cm³/mol. The fourth-order valence-electron chi connectivity index (χ4n) is 5.11. The smallest absolute Gasteiger partial charge is 0.410 e. The van der Waals surface area contributed by atoms with Gasteiger partial charge in [-0.2, -0.15) is 0 Å². The topological polar surface area (TPSA) is 69.0 Å². The fraction of sp³-hybridized carbons (Fsp3) is 0.367. The summed E-state index contributed by atoms with van der Waals surface area (Å²) in [6.45, 7) is 9.56. The van der Waals surface area contributed by atoms with Crippen molar-refractivity contribution in [2.24, 2.45) is 0 Å². The Balaban J connectivity index is 1.20. The average molecular weight is 529 g/mol. The lowest BCUT2D eigenvalue weighted by molar-refractivity contribution is 0.0203. The third kappa shape index (κ3) is 4.80. The van der Waals surface area contributed by atoms with Crippen LogP contribution in [0.1, 0.15) is 56.7 Å². The molecule has 1 saturated heterocycles. The zero-order chi connectivity index (χ0) is 26.4. The maximum atomic E-state index is 12.5. The summed E-state index contributed by atoms with van der Waals surface area (Å²) >= 11 is 1.74. The molecule has 7 nitrogen and oxygen atoms in total. The number of rotatable bonds is 4. The maximum Gasteiger partial charge on any atom is 0.410 e. The second-order valence-corrected chi connectivity index (χ2v) is 12.0. The van der Waals surface area contributed by atoms with Gasteiger partial charge in [-0.1, -0.05) is 24.3 Å². The molecule has 5 aromatic rings. The summed E-state index contributed by atoms with van der Waals surface area (Å²) in [5, 5.41) is 1.13. The van der Waals surface area contributed by atoms with Gasteiger partial charge in [0.2, 0.25) is 0 Å². The summed E-state index contributed by atoms with van der Waals surface area (Å²) in [6.07, 6.45) is 1.51. The van der Waals surface area contributed by atoms with E-state index in [0.717, 1.165) is 57.1 Å². The summed E-state index contributed by atoms with van der Waals surface area (Å²) in [5.74, 6) is 2.21. The van der Waals surface area contributed by atoms with Crippen molar-refractivity contribution in [3.8, 4) is 5.75 Å². The lowest BCUT2D eigenvalue weighted by Gasteiger charge is -2.33. The van der Waals surface area contributed by atoms with Crippen molar-refractivity contribution in [1.82, 2.24) is 19.3 Å². The standard InChI is InChI=1S/C30H32N4O3S/c1-19-28-34(27(31-19)21-13-15-33(16-14-21)29(35)37-30(2,3)4)25-12-11-23(17-26(25)38-28)36-18-22-10-9-20-7-5-6-8-24(20)32-22/h5-12,17,21H,13-16,18H2,1-4H3. The van der Waals surface area contributed by atoms with Gasteiger partial charge in [-0.25, -0.2) is 14.8 Å². The van der Waals surface area contributed by atoms with E-state index >= 15 is 0 Å². The molecule has 0 atom stereocenters. The third-order valence-electron chi connectivity index (χ3n) is 6.96. The molecule has 0 radical (unpaired) electrons. The molecule has 1 fully saturated rings. The van der Waals surface area contributed by atoms with Crippen molar-refractivity contribution >= 4 is 43.4 Å². The summed E-state index contributed by atoms with van der Waals surface area (Å²) < 4.78 is 15.2. The zero-order valence-electron chi connectivity index (χ0n) is 22.2. The van der Waals surface area contributed by atoms with E-state index in [9.17, 15) is 4.79 Å². The molecule has 1 amide bonds. The van der Waals surface area contributed by atoms with E-state index in [1.54, 1.807) is 11.3 Å². The van der Waals surface area contributed by atoms with E-state index in [1.165, 1.54) is 4.70 Å². The quantitative estimate of drug-likeness (QED) is 0.249. The first-order chi connectivity index (χ1) is 18.2. The Morgan fingerprint density at radius 1 is 1.05 bits per heavy atom. The second kappa shape index (κ2) is 9.58. The Morgan fingerprint density at radius 3 is 2.63 bits per heavy atom. The highest BCUT2D eigenvalue weighted by molar-refractivity contribution is 7.24. The third-order valence-corrected chi connectivity index (χ3v) is 8.18. The van der Waals surface area contributed by atoms with Crippen molar-refractivity contribution < 1.29 is 14.3 Å². The van der Waals surface area contributed by atoms with Crippen molar-refractivity contribution in [2.75, 3.05) is 13.1 Å². The number of aryl methyl sites for hydroxylation is 1. The van der Waals surface area contributed by atoms with Crippen LogP contribution in [0.25, 0.3) is 25.9 Å². The molecule has 0 N–H and O–H groups in total. The Kier molecular flexibility index (Phi) is 6.22. The molecule has 0 saturated carbocycles. The zero-order valence-corrected chi connectivity index (χ0v) is 23.0. The van der Waals surface area contributed by atoms with E-state index in [0.29, 0.717) is 25.6 Å².